The van der Waals surface area contributed by atoms with E-state index in [-0.39, 0.29) is 166 Å². The first-order valence-electron chi connectivity index (χ1n) is 53.1. The quantitative estimate of drug-likeness (QED) is 0.00833. The van der Waals surface area contributed by atoms with Gasteiger partial charge in [-0.3, -0.25) is 38.4 Å². The van der Waals surface area contributed by atoms with Crippen LogP contribution in [0, 0.1) is 41.6 Å². The third kappa shape index (κ3) is 42.7. The lowest BCUT2D eigenvalue weighted by Crippen LogP contribution is -2.64. The van der Waals surface area contributed by atoms with Gasteiger partial charge in [-0.15, -0.1) is 11.8 Å². The maximum absolute atomic E-state index is 14.9. The standard InChI is InChI=1S/C104H166BN12O31P/c1-69(2)149(145-52-28-30-74-59-75(74)34-35-79-80(61-118)105-79)144-51-27-12-7-11-23-44-116-60-76-29-16-17-31-77(76)93(89(107-6)78-32-18-19-33-81(78)116)117(106)47-56-136-57-58-137-65-88(128)115-45-36-73(37-46-115)100(135)114-104(66-138-53-38-85(125)108-41-20-8-13-24-48-141-101-90(111-70(3)122)97(132)94(129)82(62-119)146-101,67-139-54-39-86(126)109-42-21-9-14-25-49-142-102-91(112-71(4)123)98(133)95(130)83(63-120)147-102)68-140-55-40-87(127)110-43-22-10-15-26-50-143-103-92(113-72(5)124)99(134)96(131)84(64-121)148-103/h16-19,29,31-33,61,73-75,79-80,82-84,90-92,94-99,101-103,105,107,119-121,129-134,149H,7-15,20-27,30,36-51,53-60,62-68,106H2,1-6H3,(H,108,125)(H,109,126)(H,110,127)(H,111,122)(H,112,123)(H,113,124)(H,114,135)/b93-89-. The summed E-state index contributed by atoms with van der Waals surface area (Å²) < 4.78 is 77.5. The van der Waals surface area contributed by atoms with Crippen molar-refractivity contribution in [2.24, 2.45) is 23.6 Å². The molecule has 8 amide bonds. The average Bonchev–Trinajstić information content (AvgIpc) is 1.01. The number of nitrogens with two attached hydrogens (primary N) is 1. The summed E-state index contributed by atoms with van der Waals surface area (Å²) in [5, 5.41) is 118. The molecule has 45 heteroatoms. The van der Waals surface area contributed by atoms with Crippen molar-refractivity contribution in [1.82, 2.24) is 52.4 Å². The summed E-state index contributed by atoms with van der Waals surface area (Å²) in [6.45, 7) is 9.56. The summed E-state index contributed by atoms with van der Waals surface area (Å²) in [5.74, 6) is 14.4. The maximum Gasteiger partial charge on any atom is 0.248 e. The summed E-state index contributed by atoms with van der Waals surface area (Å²) in [4.78, 5) is 120. The van der Waals surface area contributed by atoms with E-state index in [1.54, 1.807) is 9.91 Å². The number of hydrogen-bond donors (Lipinski definition) is 18. The number of hydrogen-bond acceptors (Lipinski definition) is 35. The summed E-state index contributed by atoms with van der Waals surface area (Å²) in [7, 11) is 1.16. The monoisotopic (exact) mass is 2120 g/mol. The molecule has 1 saturated carbocycles. The SMILES string of the molecule is CN/C1=C(\N(N)CCOCCOCC(=O)N2CCC(C(=O)NC(COCCC(=O)NCCCCCCOC3OC(CO)C(O)C(O)C3NC(C)=O)(COCCC(=O)NCCCCCCOC3OC(CO)C(O)C(O)C3NC(C)=O)COCCC(=O)NCCCCCCOC3OC(CO)C(O)C(O)C3NC(C)=O)CC2)c2ccccc2CN(CCCCCCCO[PH](OC#CCC2CC2C#CC2BC2C=O)=C(C)C)c2ccccc21. The molecule has 836 valence electrons. The number of hydrazine groups is 1. The second-order valence-corrected chi connectivity index (χ2v) is 41.6. The summed E-state index contributed by atoms with van der Waals surface area (Å²) in [6.07, 6.45) is 3.11. The molecule has 20 atom stereocenters. The Morgan fingerprint density at radius 2 is 1.00 bits per heavy atom. The second kappa shape index (κ2) is 67.8. The minimum Gasteiger partial charge on any atom is -0.405 e. The fraction of sp³-hybridized carbons (Fsp3) is 0.731. The maximum atomic E-state index is 14.9. The van der Waals surface area contributed by atoms with Gasteiger partial charge in [0.05, 0.1) is 104 Å². The first kappa shape index (κ1) is 124. The number of carbonyl (C=O) groups excluding carboxylic acids is 9. The number of ether oxygens (including phenoxy) is 11. The van der Waals surface area contributed by atoms with Gasteiger partial charge in [-0.25, -0.2) is 5.84 Å². The zero-order valence-corrected chi connectivity index (χ0v) is 88.5. The number of piperidine rings is 1. The summed E-state index contributed by atoms with van der Waals surface area (Å²) >= 11 is 0. The van der Waals surface area contributed by atoms with Crippen LogP contribution in [-0.4, -0.2) is 385 Å². The molecule has 0 spiro atoms. The third-order valence-electron chi connectivity index (χ3n) is 27.1. The highest BCUT2D eigenvalue weighted by molar-refractivity contribution is 7.49. The Hall–Kier alpha value is -8.59. The molecule has 0 aromatic heterocycles. The van der Waals surface area contributed by atoms with Gasteiger partial charge in [0.15, 0.2) is 34.1 Å². The molecule has 2 aromatic rings. The molecule has 20 unspecified atom stereocenters. The molecule has 5 saturated heterocycles. The highest BCUT2D eigenvalue weighted by atomic mass is 31.1. The van der Waals surface area contributed by atoms with Crippen LogP contribution in [0.25, 0.3) is 11.4 Å². The number of nitrogens with zero attached hydrogens (tertiary/aromatic N) is 3. The van der Waals surface area contributed by atoms with E-state index in [4.69, 9.17) is 67.0 Å². The number of aliphatic hydroxyl groups is 9. The van der Waals surface area contributed by atoms with Crippen LogP contribution in [0.5, 0.6) is 0 Å². The number of nitrogens with one attached hydrogen (secondary N) is 8. The number of fused-ring (bicyclic) bond motifs is 2. The van der Waals surface area contributed by atoms with Crippen molar-refractivity contribution < 1.29 is 150 Å². The van der Waals surface area contributed by atoms with Gasteiger partial charge < -0.3 is 169 Å². The normalized spacial score (nSPS) is 25.5. The lowest BCUT2D eigenvalue weighted by molar-refractivity contribution is -0.270. The summed E-state index contributed by atoms with van der Waals surface area (Å²) in [5.41, 5.74) is 4.42. The third-order valence-corrected chi connectivity index (χ3v) is 28.7. The number of unbranched alkanes of at least 4 members (excludes halogenated alkanes) is 13. The van der Waals surface area contributed by atoms with Crippen molar-refractivity contribution in [2.45, 2.75) is 304 Å². The van der Waals surface area contributed by atoms with Crippen LogP contribution in [0.2, 0.25) is 11.6 Å². The molecule has 6 heterocycles. The Bertz CT molecular complexity index is 4410. The number of amides is 8. The van der Waals surface area contributed by atoms with Crippen LogP contribution < -0.4 is 53.3 Å². The summed E-state index contributed by atoms with van der Waals surface area (Å²) in [6, 6.07) is 13.5. The zero-order chi connectivity index (χ0) is 107. The van der Waals surface area contributed by atoms with Gasteiger partial charge >= 0.3 is 0 Å². The largest absolute Gasteiger partial charge is 0.405 e. The highest BCUT2D eigenvalue weighted by Crippen LogP contribution is 2.44. The van der Waals surface area contributed by atoms with Crippen molar-refractivity contribution in [3.05, 3.63) is 65.2 Å². The smallest absolute Gasteiger partial charge is 0.248 e. The van der Waals surface area contributed by atoms with E-state index in [2.05, 4.69) is 102 Å². The van der Waals surface area contributed by atoms with E-state index in [0.29, 0.717) is 128 Å². The molecule has 19 N–H and O–H groups in total. The Kier molecular flexibility index (Phi) is 56.4. The number of likely N-dealkylation sites (tertiary alicyclic amines) is 1. The fourth-order valence-electron chi connectivity index (χ4n) is 18.3. The molecule has 6 fully saturated rings. The Morgan fingerprint density at radius 1 is 0.544 bits per heavy atom. The molecule has 7 aliphatic rings. The number of anilines is 1. The molecule has 43 nitrogen and oxygen atoms in total. The van der Waals surface area contributed by atoms with Gasteiger partial charge in [-0.05, 0) is 119 Å². The average molecular weight is 2120 g/mol. The van der Waals surface area contributed by atoms with Gasteiger partial charge in [0.25, 0.3) is 0 Å². The number of carbonyl (C=O) groups is 9. The Balaban J connectivity index is 0.749. The molecular weight excluding hydrogens is 1950 g/mol. The topological polar surface area (TPSA) is 588 Å². The van der Waals surface area contributed by atoms with Crippen LogP contribution >= 0.6 is 8.00 Å². The second-order valence-electron chi connectivity index (χ2n) is 39.5. The molecule has 2 aromatic carbocycles. The first-order valence-corrected chi connectivity index (χ1v) is 54.4. The van der Waals surface area contributed by atoms with Crippen LogP contribution in [0.4, 0.5) is 5.69 Å². The number of para-hydroxylation sites is 1. The minimum atomic E-state index is -1.63. The van der Waals surface area contributed by atoms with Crippen LogP contribution in [0.3, 0.4) is 0 Å². The lowest BCUT2D eigenvalue weighted by atomic mass is 9.93. The number of aliphatic hydroxyl groups excluding tert-OH is 9. The van der Waals surface area contributed by atoms with Crippen LogP contribution in [0.1, 0.15) is 205 Å². The lowest BCUT2D eigenvalue weighted by Gasteiger charge is -2.42. The predicted octanol–water partition coefficient (Wildman–Crippen LogP) is 0.942. The molecule has 0 bridgehead atoms. The predicted molar refractivity (Wildman–Crippen MR) is 554 cm³/mol. The number of benzene rings is 2. The van der Waals surface area contributed by atoms with Crippen LogP contribution in [-0.2, 0) is 111 Å². The van der Waals surface area contributed by atoms with Gasteiger partial charge in [-0.2, -0.15) is 0 Å². The van der Waals surface area contributed by atoms with Gasteiger partial charge in [0.1, 0.15) is 97.6 Å². The van der Waals surface area contributed by atoms with Crippen molar-refractivity contribution in [2.75, 3.05) is 170 Å². The number of aldehydes is 1. The number of rotatable bonds is 69. The Labute approximate surface area is 876 Å². The van der Waals surface area contributed by atoms with E-state index in [1.807, 2.05) is 39.1 Å². The van der Waals surface area contributed by atoms with Gasteiger partial charge in [-0.1, -0.05) is 106 Å². The van der Waals surface area contributed by atoms with E-state index < -0.39 is 155 Å². The minimum absolute atomic E-state index is 0.0900. The van der Waals surface area contributed by atoms with E-state index in [9.17, 15) is 89.1 Å². The highest BCUT2D eigenvalue weighted by Gasteiger charge is 2.49. The van der Waals surface area contributed by atoms with Crippen LogP contribution in [0.15, 0.2) is 48.5 Å². The zero-order valence-electron chi connectivity index (χ0n) is 87.5. The Morgan fingerprint density at radius 3 is 1.47 bits per heavy atom. The van der Waals surface area contributed by atoms with E-state index in [1.165, 1.54) is 20.8 Å². The van der Waals surface area contributed by atoms with Crippen molar-refractivity contribution in [3.8, 4) is 23.9 Å². The molecule has 9 rings (SSSR count). The van der Waals surface area contributed by atoms with E-state index in [0.717, 1.165) is 104 Å². The van der Waals surface area contributed by atoms with Gasteiger partial charge in [0.2, 0.25) is 47.3 Å². The molecule has 0 radical (unpaired) electrons. The fourth-order valence-corrected chi connectivity index (χ4v) is 19.4. The van der Waals surface area contributed by atoms with Crippen molar-refractivity contribution in [3.63, 3.8) is 0 Å². The van der Waals surface area contributed by atoms with Gasteiger partial charge in [0, 0.05) is 148 Å². The molecule has 6 aliphatic heterocycles. The molecular formula is C104H166BN12O31P. The van der Waals surface area contributed by atoms with Crippen molar-refractivity contribution in [1.29, 1.82) is 0 Å². The van der Waals surface area contributed by atoms with E-state index >= 15 is 0 Å². The van der Waals surface area contributed by atoms with Crippen molar-refractivity contribution >= 4 is 91.2 Å². The first-order chi connectivity index (χ1) is 72.0. The molecule has 149 heavy (non-hydrogen) atoms. The molecule has 1 aliphatic carbocycles.